The number of carbonyl (C=O) groups excluding carboxylic acids is 3. The second-order valence-electron chi connectivity index (χ2n) is 5.27. The van der Waals surface area contributed by atoms with Gasteiger partial charge in [0.1, 0.15) is 6.29 Å². The Kier molecular flexibility index (Phi) is 7.45. The van der Waals surface area contributed by atoms with Crippen molar-refractivity contribution in [3.63, 3.8) is 0 Å². The molecule has 0 heterocycles. The zero-order chi connectivity index (χ0) is 19.8. The van der Waals surface area contributed by atoms with E-state index in [1.807, 2.05) is 0 Å². The molecule has 0 radical (unpaired) electrons. The number of hydrogen-bond donors (Lipinski definition) is 2. The lowest BCUT2D eigenvalue weighted by Crippen LogP contribution is -2.35. The predicted octanol–water partition coefficient (Wildman–Crippen LogP) is 2.95. The first-order valence-electron chi connectivity index (χ1n) is 7.70. The summed E-state index contributed by atoms with van der Waals surface area (Å²) in [6.45, 7) is -0.603. The van der Waals surface area contributed by atoms with Crippen LogP contribution in [0.5, 0.6) is 11.5 Å². The number of ether oxygens (including phenoxy) is 2. The average molecular weight is 411 g/mol. The Labute approximate surface area is 165 Å². The zero-order valence-electron chi connectivity index (χ0n) is 14.3. The fourth-order valence-corrected chi connectivity index (χ4v) is 2.37. The lowest BCUT2D eigenvalue weighted by Gasteiger charge is -2.11. The molecule has 2 aromatic carbocycles. The van der Waals surface area contributed by atoms with Gasteiger partial charge in [-0.25, -0.2) is 0 Å². The normalized spacial score (nSPS) is 10.0. The van der Waals surface area contributed by atoms with E-state index in [2.05, 4.69) is 10.6 Å². The van der Waals surface area contributed by atoms with E-state index in [0.29, 0.717) is 39.1 Å². The third-order valence-corrected chi connectivity index (χ3v) is 3.90. The Hall–Kier alpha value is -2.77. The number of anilines is 1. The van der Waals surface area contributed by atoms with Crippen LogP contribution < -0.4 is 20.1 Å². The number of aldehydes is 1. The summed E-state index contributed by atoms with van der Waals surface area (Å²) in [5, 5.41) is 5.71. The summed E-state index contributed by atoms with van der Waals surface area (Å²) >= 11 is 11.8. The summed E-state index contributed by atoms with van der Waals surface area (Å²) in [6.07, 6.45) is 0.670. The van der Waals surface area contributed by atoms with E-state index in [1.54, 1.807) is 12.1 Å². The molecule has 2 amide bonds. The van der Waals surface area contributed by atoms with Crippen molar-refractivity contribution in [1.82, 2.24) is 5.32 Å². The van der Waals surface area contributed by atoms with Gasteiger partial charge < -0.3 is 20.1 Å². The number of carbonyl (C=O) groups is 3. The van der Waals surface area contributed by atoms with E-state index in [0.717, 1.165) is 0 Å². The molecule has 0 saturated carbocycles. The minimum Gasteiger partial charge on any atom is -0.493 e. The molecule has 27 heavy (non-hydrogen) atoms. The van der Waals surface area contributed by atoms with Crippen LogP contribution in [0.4, 0.5) is 5.69 Å². The molecular weight excluding hydrogens is 395 g/mol. The van der Waals surface area contributed by atoms with Crippen LogP contribution in [0.15, 0.2) is 36.4 Å². The molecule has 0 spiro atoms. The molecule has 2 aromatic rings. The maximum atomic E-state index is 11.9. The highest BCUT2D eigenvalue weighted by Crippen LogP contribution is 2.27. The lowest BCUT2D eigenvalue weighted by atomic mass is 10.2. The number of benzene rings is 2. The van der Waals surface area contributed by atoms with Crippen LogP contribution in [-0.2, 0) is 9.59 Å². The first kappa shape index (κ1) is 20.5. The minimum atomic E-state index is -0.510. The van der Waals surface area contributed by atoms with Crippen molar-refractivity contribution >= 4 is 47.0 Å². The molecule has 0 saturated heterocycles. The predicted molar refractivity (Wildman–Crippen MR) is 102 cm³/mol. The molecular formula is C18H16Cl2N2O5. The third kappa shape index (κ3) is 6.16. The van der Waals surface area contributed by atoms with E-state index in [1.165, 1.54) is 31.4 Å². The summed E-state index contributed by atoms with van der Waals surface area (Å²) in [4.78, 5) is 34.5. The number of halogens is 2. The van der Waals surface area contributed by atoms with Crippen molar-refractivity contribution in [2.45, 2.75) is 0 Å². The first-order chi connectivity index (χ1) is 12.9. The quantitative estimate of drug-likeness (QED) is 0.652. The topological polar surface area (TPSA) is 93.7 Å². The van der Waals surface area contributed by atoms with Gasteiger partial charge in [-0.2, -0.15) is 0 Å². The number of nitrogens with one attached hydrogen (secondary N) is 2. The SMILES string of the molecule is COc1cc(C=O)ccc1OCC(=O)NCC(=O)Nc1cc(Cl)ccc1Cl. The Bertz CT molecular complexity index is 858. The van der Waals surface area contributed by atoms with E-state index < -0.39 is 11.8 Å². The zero-order valence-corrected chi connectivity index (χ0v) is 15.8. The van der Waals surface area contributed by atoms with Gasteiger partial charge in [0.05, 0.1) is 24.4 Å². The smallest absolute Gasteiger partial charge is 0.258 e. The highest BCUT2D eigenvalue weighted by Gasteiger charge is 2.11. The third-order valence-electron chi connectivity index (χ3n) is 3.33. The van der Waals surface area contributed by atoms with Crippen LogP contribution >= 0.6 is 23.2 Å². The van der Waals surface area contributed by atoms with Gasteiger partial charge in [-0.3, -0.25) is 14.4 Å². The highest BCUT2D eigenvalue weighted by molar-refractivity contribution is 6.35. The summed E-state index contributed by atoms with van der Waals surface area (Å²) in [5.41, 5.74) is 0.764. The molecule has 2 rings (SSSR count). The summed E-state index contributed by atoms with van der Waals surface area (Å²) < 4.78 is 10.5. The van der Waals surface area contributed by atoms with Crippen molar-refractivity contribution in [3.05, 3.63) is 52.0 Å². The van der Waals surface area contributed by atoms with Crippen LogP contribution in [0.2, 0.25) is 10.0 Å². The van der Waals surface area contributed by atoms with E-state index in [-0.39, 0.29) is 13.2 Å². The second-order valence-corrected chi connectivity index (χ2v) is 6.11. The van der Waals surface area contributed by atoms with Gasteiger partial charge in [-0.05, 0) is 36.4 Å². The van der Waals surface area contributed by atoms with E-state index >= 15 is 0 Å². The molecule has 0 aliphatic heterocycles. The Morgan fingerprint density at radius 1 is 1.07 bits per heavy atom. The molecule has 142 valence electrons. The summed E-state index contributed by atoms with van der Waals surface area (Å²) in [6, 6.07) is 9.18. The molecule has 7 nitrogen and oxygen atoms in total. The van der Waals surface area contributed by atoms with Crippen molar-refractivity contribution in [2.75, 3.05) is 25.6 Å². The first-order valence-corrected chi connectivity index (χ1v) is 8.46. The maximum absolute atomic E-state index is 11.9. The summed E-state index contributed by atoms with van der Waals surface area (Å²) in [5.74, 6) is -0.363. The van der Waals surface area contributed by atoms with Gasteiger partial charge in [0.25, 0.3) is 5.91 Å². The molecule has 0 unspecified atom stereocenters. The van der Waals surface area contributed by atoms with Gasteiger partial charge in [-0.15, -0.1) is 0 Å². The molecule has 0 atom stereocenters. The van der Waals surface area contributed by atoms with Gasteiger partial charge in [0, 0.05) is 10.6 Å². The molecule has 0 aliphatic carbocycles. The summed E-state index contributed by atoms with van der Waals surface area (Å²) in [7, 11) is 1.42. The number of rotatable bonds is 8. The minimum absolute atomic E-state index is 0.272. The van der Waals surface area contributed by atoms with Crippen molar-refractivity contribution < 1.29 is 23.9 Å². The molecule has 0 bridgehead atoms. The van der Waals surface area contributed by atoms with E-state index in [4.69, 9.17) is 32.7 Å². The largest absolute Gasteiger partial charge is 0.493 e. The Morgan fingerprint density at radius 3 is 2.56 bits per heavy atom. The second kappa shape index (κ2) is 9.80. The number of amides is 2. The molecule has 0 aromatic heterocycles. The molecule has 0 fully saturated rings. The highest BCUT2D eigenvalue weighted by atomic mass is 35.5. The van der Waals surface area contributed by atoms with Crippen LogP contribution in [0.3, 0.4) is 0 Å². The van der Waals surface area contributed by atoms with Crippen LogP contribution in [-0.4, -0.2) is 38.4 Å². The Morgan fingerprint density at radius 2 is 1.85 bits per heavy atom. The molecule has 0 aliphatic rings. The monoisotopic (exact) mass is 410 g/mol. The standard InChI is InChI=1S/C18H16Cl2N2O5/c1-26-16-6-11(9-23)2-5-15(16)27-10-18(25)21-8-17(24)22-14-7-12(19)3-4-13(14)20/h2-7,9H,8,10H2,1H3,(H,21,25)(H,22,24). The van der Waals surface area contributed by atoms with Crippen LogP contribution in [0.1, 0.15) is 10.4 Å². The van der Waals surface area contributed by atoms with E-state index in [9.17, 15) is 14.4 Å². The van der Waals surface area contributed by atoms with Gasteiger partial charge >= 0.3 is 0 Å². The van der Waals surface area contributed by atoms with Crippen LogP contribution in [0, 0.1) is 0 Å². The van der Waals surface area contributed by atoms with Crippen molar-refractivity contribution in [2.24, 2.45) is 0 Å². The molecule has 9 heteroatoms. The average Bonchev–Trinajstić information content (AvgIpc) is 2.67. The number of methoxy groups -OCH3 is 1. The van der Waals surface area contributed by atoms with Gasteiger partial charge in [-0.1, -0.05) is 23.2 Å². The Balaban J connectivity index is 1.83. The fourth-order valence-electron chi connectivity index (χ4n) is 2.04. The fraction of sp³-hybridized carbons (Fsp3) is 0.167. The number of hydrogen-bond acceptors (Lipinski definition) is 5. The van der Waals surface area contributed by atoms with Gasteiger partial charge in [0.15, 0.2) is 18.1 Å². The maximum Gasteiger partial charge on any atom is 0.258 e. The van der Waals surface area contributed by atoms with Gasteiger partial charge in [0.2, 0.25) is 5.91 Å². The van der Waals surface area contributed by atoms with Crippen LogP contribution in [0.25, 0.3) is 0 Å². The van der Waals surface area contributed by atoms with Crippen molar-refractivity contribution in [1.29, 1.82) is 0 Å². The molecule has 2 N–H and O–H groups in total. The lowest BCUT2D eigenvalue weighted by molar-refractivity contribution is -0.125. The van der Waals surface area contributed by atoms with Crippen molar-refractivity contribution in [3.8, 4) is 11.5 Å².